The van der Waals surface area contributed by atoms with Crippen molar-refractivity contribution in [2.24, 2.45) is 0 Å². The highest BCUT2D eigenvalue weighted by molar-refractivity contribution is 6.31. The molecule has 10 heteroatoms. The molecule has 4 rings (SSSR count). The van der Waals surface area contributed by atoms with Gasteiger partial charge >= 0.3 is 0 Å². The van der Waals surface area contributed by atoms with Gasteiger partial charge in [-0.2, -0.15) is 0 Å². The Morgan fingerprint density at radius 1 is 1.24 bits per heavy atom. The van der Waals surface area contributed by atoms with Crippen LogP contribution in [0.1, 0.15) is 19.8 Å². The fourth-order valence-corrected chi connectivity index (χ4v) is 3.82. The minimum absolute atomic E-state index is 0.0152. The zero-order chi connectivity index (χ0) is 24.7. The zero-order valence-corrected chi connectivity index (χ0v) is 20.4. The van der Waals surface area contributed by atoms with E-state index in [4.69, 9.17) is 21.1 Å². The average Bonchev–Trinajstić information content (AvgIpc) is 2.82. The van der Waals surface area contributed by atoms with Gasteiger partial charge in [0.2, 0.25) is 5.91 Å². The fourth-order valence-electron chi connectivity index (χ4n) is 3.64. The predicted molar refractivity (Wildman–Crippen MR) is 132 cm³/mol. The Labute approximate surface area is 203 Å². The van der Waals surface area contributed by atoms with E-state index in [-0.39, 0.29) is 22.7 Å². The van der Waals surface area contributed by atoms with Crippen LogP contribution in [-0.4, -0.2) is 61.2 Å². The van der Waals surface area contributed by atoms with Gasteiger partial charge in [-0.25, -0.2) is 14.4 Å². The number of carbonyl (C=O) groups excluding carboxylic acids is 1. The zero-order valence-electron chi connectivity index (χ0n) is 19.7. The van der Waals surface area contributed by atoms with Gasteiger partial charge in [-0.15, -0.1) is 0 Å². The van der Waals surface area contributed by atoms with Gasteiger partial charge in [0.1, 0.15) is 18.2 Å². The number of hydrogen-bond acceptors (Lipinski definition) is 7. The van der Waals surface area contributed by atoms with Gasteiger partial charge in [-0.3, -0.25) is 4.79 Å². The van der Waals surface area contributed by atoms with Gasteiger partial charge in [-0.1, -0.05) is 17.7 Å². The van der Waals surface area contributed by atoms with E-state index in [2.05, 4.69) is 20.6 Å². The van der Waals surface area contributed by atoms with Crippen molar-refractivity contribution in [3.8, 4) is 11.5 Å². The number of likely N-dealkylation sites (tertiary alicyclic amines) is 1. The molecule has 0 saturated carbocycles. The number of ether oxygens (including phenoxy) is 2. The summed E-state index contributed by atoms with van der Waals surface area (Å²) in [5, 5.41) is 6.39. The molecule has 1 fully saturated rings. The van der Waals surface area contributed by atoms with Gasteiger partial charge in [0.15, 0.2) is 17.3 Å². The lowest BCUT2D eigenvalue weighted by Crippen LogP contribution is -2.43. The summed E-state index contributed by atoms with van der Waals surface area (Å²) >= 11 is 5.89. The van der Waals surface area contributed by atoms with Crippen molar-refractivity contribution in [2.75, 3.05) is 39.6 Å². The third kappa shape index (κ3) is 6.03. The molecule has 2 heterocycles. The number of anilines is 2. The molecule has 0 bridgehead atoms. The van der Waals surface area contributed by atoms with E-state index >= 15 is 0 Å². The van der Waals surface area contributed by atoms with Crippen molar-refractivity contribution in [1.29, 1.82) is 0 Å². The molecule has 1 saturated heterocycles. The summed E-state index contributed by atoms with van der Waals surface area (Å²) in [4.78, 5) is 22.1. The molecular weight excluding hydrogens is 461 g/mol. The lowest BCUT2D eigenvalue weighted by atomic mass is 10.1. The first kappa shape index (κ1) is 25.5. The van der Waals surface area contributed by atoms with Crippen molar-refractivity contribution in [3.05, 3.63) is 47.5 Å². The molecule has 2 N–H and O–H groups in total. The molecule has 2 aromatic carbocycles. The van der Waals surface area contributed by atoms with Gasteiger partial charge in [0.25, 0.3) is 0 Å². The minimum Gasteiger partial charge on any atom is -0.493 e. The standard InChI is InChI=1S/C22H22ClFN4O3.C2H7N/c1-13(29)28-8-4-5-14(11-28)31-20-9-15-18(10-19(20)30-2)25-12-26-22(15)27-17-7-3-6-16(23)21(17)24;1-3-2/h3,6-7,9-10,12,14H,4-5,8,11H2,1-2H3,(H,25,26,27);3H,1-2H3/t14-;/m1./s1. The number of benzene rings is 2. The Bertz CT molecular complexity index is 1150. The second kappa shape index (κ2) is 11.8. The SMILES string of the molecule is CNC.COc1cc2ncnc(Nc3cccc(Cl)c3F)c2cc1O[C@@H]1CCCN(C(C)=O)C1. The van der Waals surface area contributed by atoms with Crippen LogP contribution in [0.5, 0.6) is 11.5 Å². The lowest BCUT2D eigenvalue weighted by Gasteiger charge is -2.32. The van der Waals surface area contributed by atoms with Crippen molar-refractivity contribution < 1.29 is 18.7 Å². The highest BCUT2D eigenvalue weighted by atomic mass is 35.5. The smallest absolute Gasteiger partial charge is 0.219 e. The maximum atomic E-state index is 14.4. The lowest BCUT2D eigenvalue weighted by molar-refractivity contribution is -0.131. The van der Waals surface area contributed by atoms with E-state index in [1.807, 2.05) is 14.1 Å². The molecule has 0 aliphatic carbocycles. The number of carbonyl (C=O) groups is 1. The third-order valence-corrected chi connectivity index (χ3v) is 5.53. The highest BCUT2D eigenvalue weighted by Crippen LogP contribution is 2.36. The van der Waals surface area contributed by atoms with Crippen LogP contribution >= 0.6 is 11.6 Å². The van der Waals surface area contributed by atoms with Crippen molar-refractivity contribution >= 4 is 39.9 Å². The average molecular weight is 490 g/mol. The summed E-state index contributed by atoms with van der Waals surface area (Å²) < 4.78 is 26.1. The molecule has 3 aromatic rings. The van der Waals surface area contributed by atoms with Crippen LogP contribution in [0.15, 0.2) is 36.7 Å². The topological polar surface area (TPSA) is 88.6 Å². The van der Waals surface area contributed by atoms with Gasteiger partial charge in [0.05, 0.1) is 29.9 Å². The number of amides is 1. The summed E-state index contributed by atoms with van der Waals surface area (Å²) in [7, 11) is 5.30. The number of rotatable bonds is 5. The molecule has 1 aromatic heterocycles. The second-order valence-electron chi connectivity index (χ2n) is 7.82. The van der Waals surface area contributed by atoms with E-state index in [1.165, 1.54) is 12.4 Å². The number of methoxy groups -OCH3 is 1. The number of aromatic nitrogens is 2. The van der Waals surface area contributed by atoms with Gasteiger partial charge in [-0.05, 0) is 45.1 Å². The Balaban J connectivity index is 0.00000103. The van der Waals surface area contributed by atoms with Crippen molar-refractivity contribution in [3.63, 3.8) is 0 Å². The van der Waals surface area contributed by atoms with Crippen LogP contribution in [0.3, 0.4) is 0 Å². The summed E-state index contributed by atoms with van der Waals surface area (Å²) in [5.41, 5.74) is 0.813. The number of piperidine rings is 1. The summed E-state index contributed by atoms with van der Waals surface area (Å²) in [6, 6.07) is 8.22. The van der Waals surface area contributed by atoms with Crippen molar-refractivity contribution in [2.45, 2.75) is 25.9 Å². The normalized spacial score (nSPS) is 15.4. The van der Waals surface area contributed by atoms with E-state index < -0.39 is 5.82 Å². The molecule has 8 nitrogen and oxygen atoms in total. The first-order valence-corrected chi connectivity index (χ1v) is 11.3. The number of halogens is 2. The molecule has 182 valence electrons. The molecular formula is C24H29ClFN5O3. The van der Waals surface area contributed by atoms with Crippen LogP contribution < -0.4 is 20.1 Å². The van der Waals surface area contributed by atoms with Crippen LogP contribution in [0, 0.1) is 5.82 Å². The Kier molecular flexibility index (Phi) is 8.84. The summed E-state index contributed by atoms with van der Waals surface area (Å²) in [6.07, 6.45) is 2.92. The number of nitrogens with one attached hydrogen (secondary N) is 2. The van der Waals surface area contributed by atoms with E-state index in [9.17, 15) is 9.18 Å². The second-order valence-corrected chi connectivity index (χ2v) is 8.22. The highest BCUT2D eigenvalue weighted by Gasteiger charge is 2.24. The third-order valence-electron chi connectivity index (χ3n) is 5.24. The van der Waals surface area contributed by atoms with Gasteiger partial charge in [0, 0.05) is 24.9 Å². The maximum Gasteiger partial charge on any atom is 0.219 e. The van der Waals surface area contributed by atoms with Crippen LogP contribution in [0.4, 0.5) is 15.9 Å². The Morgan fingerprint density at radius 3 is 2.71 bits per heavy atom. The van der Waals surface area contributed by atoms with E-state index in [0.717, 1.165) is 19.4 Å². The molecule has 1 aliphatic heterocycles. The van der Waals surface area contributed by atoms with E-state index in [0.29, 0.717) is 34.8 Å². The number of hydrogen-bond donors (Lipinski definition) is 2. The molecule has 0 radical (unpaired) electrons. The molecule has 0 spiro atoms. The maximum absolute atomic E-state index is 14.4. The quantitative estimate of drug-likeness (QED) is 0.549. The number of fused-ring (bicyclic) bond motifs is 1. The molecule has 34 heavy (non-hydrogen) atoms. The monoisotopic (exact) mass is 489 g/mol. The molecule has 1 atom stereocenters. The molecule has 1 amide bonds. The summed E-state index contributed by atoms with van der Waals surface area (Å²) in [5.74, 6) is 0.906. The summed E-state index contributed by atoms with van der Waals surface area (Å²) in [6.45, 7) is 2.81. The van der Waals surface area contributed by atoms with Crippen LogP contribution in [-0.2, 0) is 4.79 Å². The van der Waals surface area contributed by atoms with Gasteiger partial charge < -0.3 is 25.0 Å². The Hall–Kier alpha value is -3.17. The van der Waals surface area contributed by atoms with Crippen molar-refractivity contribution in [1.82, 2.24) is 20.2 Å². The van der Waals surface area contributed by atoms with E-state index in [1.54, 1.807) is 43.2 Å². The first-order chi connectivity index (χ1) is 16.4. The largest absolute Gasteiger partial charge is 0.493 e. The molecule has 1 aliphatic rings. The first-order valence-electron chi connectivity index (χ1n) is 10.9. The molecule has 0 unspecified atom stereocenters. The van der Waals surface area contributed by atoms with Crippen LogP contribution in [0.25, 0.3) is 10.9 Å². The Morgan fingerprint density at radius 2 is 2.00 bits per heavy atom. The fraction of sp³-hybridized carbons (Fsp3) is 0.375. The predicted octanol–water partition coefficient (Wildman–Crippen LogP) is 4.40. The number of nitrogens with zero attached hydrogens (tertiary/aromatic N) is 3. The minimum atomic E-state index is -0.563. The van der Waals surface area contributed by atoms with Crippen LogP contribution in [0.2, 0.25) is 5.02 Å².